The van der Waals surface area contributed by atoms with Gasteiger partial charge in [-0.15, -0.1) is 0 Å². The van der Waals surface area contributed by atoms with E-state index in [-0.39, 0.29) is 5.91 Å². The molecular formula is C21H22F4N4O4. The van der Waals surface area contributed by atoms with Gasteiger partial charge in [-0.1, -0.05) is 24.3 Å². The Labute approximate surface area is 186 Å². The number of halogens is 4. The molecule has 2 aliphatic heterocycles. The maximum Gasteiger partial charge on any atom is 0.490 e. The summed E-state index contributed by atoms with van der Waals surface area (Å²) in [7, 11) is 3.49. The quantitative estimate of drug-likeness (QED) is 0.675. The van der Waals surface area contributed by atoms with Gasteiger partial charge in [0.2, 0.25) is 5.95 Å². The number of hydrogen-bond donors (Lipinski definition) is 1. The third-order valence-electron chi connectivity index (χ3n) is 5.45. The number of carboxylic acids is 1. The van der Waals surface area contributed by atoms with Gasteiger partial charge >= 0.3 is 12.1 Å². The summed E-state index contributed by atoms with van der Waals surface area (Å²) in [5, 5.41) is 7.12. The minimum Gasteiger partial charge on any atom is -0.475 e. The Bertz CT molecular complexity index is 1010. The minimum absolute atomic E-state index is 0.0429. The molecule has 33 heavy (non-hydrogen) atoms. The van der Waals surface area contributed by atoms with Crippen molar-refractivity contribution in [2.75, 3.05) is 32.1 Å². The van der Waals surface area contributed by atoms with Crippen molar-refractivity contribution in [3.63, 3.8) is 0 Å². The molecule has 2 aromatic rings. The van der Waals surface area contributed by atoms with E-state index in [4.69, 9.17) is 14.6 Å². The van der Waals surface area contributed by atoms with Crippen molar-refractivity contribution >= 4 is 17.8 Å². The summed E-state index contributed by atoms with van der Waals surface area (Å²) < 4.78 is 51.1. The summed E-state index contributed by atoms with van der Waals surface area (Å²) in [5.74, 6) is -2.72. The van der Waals surface area contributed by atoms with Gasteiger partial charge in [0.25, 0.3) is 5.91 Å². The number of carbonyl (C=O) groups excluding carboxylic acids is 1. The molecule has 2 aliphatic rings. The zero-order valence-electron chi connectivity index (χ0n) is 17.8. The van der Waals surface area contributed by atoms with E-state index in [9.17, 15) is 22.4 Å². The molecule has 1 aromatic heterocycles. The van der Waals surface area contributed by atoms with Crippen LogP contribution in [0.15, 0.2) is 36.7 Å². The molecule has 1 N–H and O–H groups in total. The average Bonchev–Trinajstić information content (AvgIpc) is 3.08. The molecule has 12 heteroatoms. The van der Waals surface area contributed by atoms with Crippen LogP contribution in [0.4, 0.5) is 23.5 Å². The van der Waals surface area contributed by atoms with Gasteiger partial charge in [0.05, 0.1) is 18.0 Å². The lowest BCUT2D eigenvalue weighted by Crippen LogP contribution is -2.44. The number of hydrogen-bond acceptors (Lipinski definition) is 6. The van der Waals surface area contributed by atoms with Crippen LogP contribution in [0.5, 0.6) is 0 Å². The first-order valence-electron chi connectivity index (χ1n) is 9.95. The SMILES string of the molecule is CN(C)C(=O)C1OC2(CCN(c3ncc(F)cn3)CC2)c2ccccc21.O=C(O)C(F)(F)F. The van der Waals surface area contributed by atoms with Crippen molar-refractivity contribution < 1.29 is 37.0 Å². The second-order valence-electron chi connectivity index (χ2n) is 7.80. The van der Waals surface area contributed by atoms with Crippen molar-refractivity contribution in [3.8, 4) is 0 Å². The average molecular weight is 470 g/mol. The molecule has 4 rings (SSSR count). The molecule has 1 fully saturated rings. The van der Waals surface area contributed by atoms with Crippen molar-refractivity contribution in [2.24, 2.45) is 0 Å². The number of nitrogens with zero attached hydrogens (tertiary/aromatic N) is 4. The predicted octanol–water partition coefficient (Wildman–Crippen LogP) is 2.90. The van der Waals surface area contributed by atoms with Crippen LogP contribution in [-0.2, 0) is 19.9 Å². The Kier molecular flexibility index (Phi) is 6.86. The molecule has 1 aromatic carbocycles. The highest BCUT2D eigenvalue weighted by molar-refractivity contribution is 5.83. The fraction of sp³-hybridized carbons (Fsp3) is 0.429. The molecule has 0 saturated carbocycles. The maximum absolute atomic E-state index is 13.0. The Balaban J connectivity index is 0.000000383. The molecule has 1 saturated heterocycles. The molecule has 3 heterocycles. The molecule has 1 amide bonds. The summed E-state index contributed by atoms with van der Waals surface area (Å²) in [6.45, 7) is 1.37. The highest BCUT2D eigenvalue weighted by Gasteiger charge is 2.49. The van der Waals surface area contributed by atoms with Gasteiger partial charge in [0, 0.05) is 27.2 Å². The molecule has 178 valence electrons. The number of benzene rings is 1. The summed E-state index contributed by atoms with van der Waals surface area (Å²) in [4.78, 5) is 33.2. The number of carbonyl (C=O) groups is 2. The lowest BCUT2D eigenvalue weighted by atomic mass is 9.83. The van der Waals surface area contributed by atoms with E-state index in [1.165, 1.54) is 12.4 Å². The largest absolute Gasteiger partial charge is 0.490 e. The van der Waals surface area contributed by atoms with Crippen molar-refractivity contribution in [1.82, 2.24) is 14.9 Å². The van der Waals surface area contributed by atoms with E-state index in [1.54, 1.807) is 19.0 Å². The van der Waals surface area contributed by atoms with Crippen LogP contribution >= 0.6 is 0 Å². The smallest absolute Gasteiger partial charge is 0.475 e. The highest BCUT2D eigenvalue weighted by atomic mass is 19.4. The number of alkyl halides is 3. The van der Waals surface area contributed by atoms with Crippen LogP contribution in [0.2, 0.25) is 0 Å². The van der Waals surface area contributed by atoms with Gasteiger partial charge in [0.15, 0.2) is 11.9 Å². The lowest BCUT2D eigenvalue weighted by Gasteiger charge is -2.39. The monoisotopic (exact) mass is 470 g/mol. The molecule has 0 bridgehead atoms. The minimum atomic E-state index is -5.08. The van der Waals surface area contributed by atoms with E-state index in [2.05, 4.69) is 16.0 Å². The number of likely N-dealkylation sites (N-methyl/N-ethyl adjacent to an activating group) is 1. The number of fused-ring (bicyclic) bond motifs is 2. The zero-order chi connectivity index (χ0) is 24.4. The fourth-order valence-corrected chi connectivity index (χ4v) is 3.83. The van der Waals surface area contributed by atoms with Crippen LogP contribution in [0, 0.1) is 5.82 Å². The first-order chi connectivity index (χ1) is 15.4. The summed E-state index contributed by atoms with van der Waals surface area (Å²) >= 11 is 0. The van der Waals surface area contributed by atoms with Crippen molar-refractivity contribution in [2.45, 2.75) is 30.7 Å². The molecular weight excluding hydrogens is 448 g/mol. The van der Waals surface area contributed by atoms with Gasteiger partial charge in [-0.25, -0.2) is 19.2 Å². The normalized spacial score (nSPS) is 18.8. The first-order valence-corrected chi connectivity index (χ1v) is 9.95. The Hall–Kier alpha value is -3.28. The number of anilines is 1. The third-order valence-corrected chi connectivity index (χ3v) is 5.45. The molecule has 0 radical (unpaired) electrons. The number of rotatable bonds is 2. The van der Waals surface area contributed by atoms with Gasteiger partial charge in [-0.2, -0.15) is 13.2 Å². The molecule has 1 spiro atoms. The van der Waals surface area contributed by atoms with E-state index in [0.717, 1.165) is 24.0 Å². The van der Waals surface area contributed by atoms with Crippen LogP contribution in [-0.4, -0.2) is 65.2 Å². The Morgan fingerprint density at radius 1 is 1.15 bits per heavy atom. The molecule has 8 nitrogen and oxygen atoms in total. The van der Waals surface area contributed by atoms with Gasteiger partial charge in [0.1, 0.15) is 0 Å². The number of amides is 1. The topological polar surface area (TPSA) is 95.9 Å². The van der Waals surface area contributed by atoms with Crippen LogP contribution < -0.4 is 4.90 Å². The summed E-state index contributed by atoms with van der Waals surface area (Å²) in [5.41, 5.74) is 1.58. The zero-order valence-corrected chi connectivity index (χ0v) is 17.8. The van der Waals surface area contributed by atoms with Crippen LogP contribution in [0.25, 0.3) is 0 Å². The summed E-state index contributed by atoms with van der Waals surface area (Å²) in [6, 6.07) is 7.97. The number of piperidine rings is 1. The number of carboxylic acid groups (broad SMARTS) is 1. The summed E-state index contributed by atoms with van der Waals surface area (Å²) in [6.07, 6.45) is -1.83. The van der Waals surface area contributed by atoms with E-state index in [0.29, 0.717) is 19.0 Å². The fourth-order valence-electron chi connectivity index (χ4n) is 3.83. The molecule has 1 atom stereocenters. The van der Waals surface area contributed by atoms with Crippen LogP contribution in [0.3, 0.4) is 0 Å². The Morgan fingerprint density at radius 2 is 1.70 bits per heavy atom. The molecule has 1 unspecified atom stereocenters. The second-order valence-corrected chi connectivity index (χ2v) is 7.80. The lowest BCUT2D eigenvalue weighted by molar-refractivity contribution is -0.192. The van der Waals surface area contributed by atoms with E-state index in [1.807, 2.05) is 23.1 Å². The Morgan fingerprint density at radius 3 is 2.21 bits per heavy atom. The van der Waals surface area contributed by atoms with Crippen molar-refractivity contribution in [3.05, 3.63) is 53.6 Å². The van der Waals surface area contributed by atoms with Crippen LogP contribution in [0.1, 0.15) is 30.1 Å². The standard InChI is InChI=1S/C19H21FN4O2.C2HF3O2/c1-23(2)17(25)16-14-5-3-4-6-15(14)19(26-16)7-9-24(10-8-19)18-21-11-13(20)12-22-18;3-2(4,5)1(6)7/h3-6,11-12,16H,7-10H2,1-2H3;(H,6,7). The maximum atomic E-state index is 13.0. The van der Waals surface area contributed by atoms with E-state index < -0.39 is 29.7 Å². The number of aliphatic carboxylic acids is 1. The second kappa shape index (κ2) is 9.30. The molecule has 0 aliphatic carbocycles. The first kappa shape index (κ1) is 24.4. The van der Waals surface area contributed by atoms with E-state index >= 15 is 0 Å². The third kappa shape index (κ3) is 5.21. The van der Waals surface area contributed by atoms with Crippen molar-refractivity contribution in [1.29, 1.82) is 0 Å². The van der Waals surface area contributed by atoms with Gasteiger partial charge in [-0.3, -0.25) is 4.79 Å². The number of aromatic nitrogens is 2. The van der Waals surface area contributed by atoms with Gasteiger partial charge < -0.3 is 19.6 Å². The predicted molar refractivity (Wildman–Crippen MR) is 108 cm³/mol. The highest BCUT2D eigenvalue weighted by Crippen LogP contribution is 2.49. The number of ether oxygens (including phenoxy) is 1. The van der Waals surface area contributed by atoms with Gasteiger partial charge in [-0.05, 0) is 24.0 Å².